The van der Waals surface area contributed by atoms with Crippen LogP contribution < -0.4 is 5.32 Å². The van der Waals surface area contributed by atoms with Crippen LogP contribution in [0.5, 0.6) is 0 Å². The quantitative estimate of drug-likeness (QED) is 0.636. The van der Waals surface area contributed by atoms with Gasteiger partial charge in [0.2, 0.25) is 5.91 Å². The summed E-state index contributed by atoms with van der Waals surface area (Å²) in [5.74, 6) is -0.173. The van der Waals surface area contributed by atoms with Crippen LogP contribution in [0.25, 0.3) is 5.69 Å². The van der Waals surface area contributed by atoms with Gasteiger partial charge in [-0.2, -0.15) is 0 Å². The Morgan fingerprint density at radius 2 is 2.04 bits per heavy atom. The molecule has 1 aromatic heterocycles. The van der Waals surface area contributed by atoms with Gasteiger partial charge < -0.3 is 5.32 Å². The van der Waals surface area contributed by atoms with Gasteiger partial charge in [0.15, 0.2) is 5.16 Å². The van der Waals surface area contributed by atoms with Crippen LogP contribution in [-0.4, -0.2) is 21.2 Å². The van der Waals surface area contributed by atoms with E-state index in [1.165, 1.54) is 23.9 Å². The van der Waals surface area contributed by atoms with Crippen molar-refractivity contribution in [2.75, 3.05) is 5.75 Å². The molecule has 0 atom stereocenters. The van der Waals surface area contributed by atoms with Gasteiger partial charge in [-0.15, -0.1) is 0 Å². The van der Waals surface area contributed by atoms with Crippen LogP contribution in [0.4, 0.5) is 4.39 Å². The Kier molecular flexibility index (Phi) is 5.96. The Labute approximate surface area is 160 Å². The largest absolute Gasteiger partial charge is 0.351 e. The lowest BCUT2D eigenvalue weighted by atomic mass is 10.2. The molecule has 0 fully saturated rings. The number of nitrogens with one attached hydrogen (secondary N) is 1. The van der Waals surface area contributed by atoms with Crippen LogP contribution in [0.1, 0.15) is 11.1 Å². The van der Waals surface area contributed by atoms with Gasteiger partial charge in [-0.25, -0.2) is 9.37 Å². The first-order valence-corrected chi connectivity index (χ1v) is 9.34. The van der Waals surface area contributed by atoms with Gasteiger partial charge in [0.05, 0.1) is 11.4 Å². The summed E-state index contributed by atoms with van der Waals surface area (Å²) in [6, 6.07) is 11.7. The van der Waals surface area contributed by atoms with Crippen LogP contribution in [0.2, 0.25) is 5.02 Å². The predicted octanol–water partition coefficient (Wildman–Crippen LogP) is 4.38. The lowest BCUT2D eigenvalue weighted by molar-refractivity contribution is -0.118. The maximum atomic E-state index is 12.9. The van der Waals surface area contributed by atoms with Crippen LogP contribution in [0, 0.1) is 12.7 Å². The summed E-state index contributed by atoms with van der Waals surface area (Å²) in [4.78, 5) is 16.4. The summed E-state index contributed by atoms with van der Waals surface area (Å²) >= 11 is 7.54. The van der Waals surface area contributed by atoms with E-state index in [-0.39, 0.29) is 17.5 Å². The van der Waals surface area contributed by atoms with Crippen molar-refractivity contribution in [3.8, 4) is 5.69 Å². The molecule has 4 nitrogen and oxygen atoms in total. The SMILES string of the molecule is Cc1c(Cl)cccc1-n1ccnc1SCC(=O)NCc1ccc(F)cc1. The first-order chi connectivity index (χ1) is 12.5. The number of halogens is 2. The van der Waals surface area contributed by atoms with E-state index in [0.717, 1.165) is 16.8 Å². The van der Waals surface area contributed by atoms with E-state index >= 15 is 0 Å². The van der Waals surface area contributed by atoms with Gasteiger partial charge in [0.1, 0.15) is 5.82 Å². The fourth-order valence-corrected chi connectivity index (χ4v) is 3.39. The number of carbonyl (C=O) groups excluding carboxylic acids is 1. The number of nitrogens with zero attached hydrogens (tertiary/aromatic N) is 2. The zero-order valence-electron chi connectivity index (χ0n) is 14.1. The van der Waals surface area contributed by atoms with Crippen molar-refractivity contribution in [2.24, 2.45) is 0 Å². The minimum atomic E-state index is -0.293. The molecule has 0 saturated heterocycles. The van der Waals surface area contributed by atoms with Crippen LogP contribution in [-0.2, 0) is 11.3 Å². The Morgan fingerprint density at radius 1 is 1.27 bits per heavy atom. The van der Waals surface area contributed by atoms with Gasteiger partial charge in [-0.1, -0.05) is 41.6 Å². The molecule has 1 amide bonds. The van der Waals surface area contributed by atoms with Crippen molar-refractivity contribution in [2.45, 2.75) is 18.6 Å². The predicted molar refractivity (Wildman–Crippen MR) is 102 cm³/mol. The third-order valence-electron chi connectivity index (χ3n) is 3.84. The minimum absolute atomic E-state index is 0.114. The second kappa shape index (κ2) is 8.38. The minimum Gasteiger partial charge on any atom is -0.351 e. The van der Waals surface area contributed by atoms with E-state index in [9.17, 15) is 9.18 Å². The second-order valence-corrected chi connectivity index (χ2v) is 7.01. The van der Waals surface area contributed by atoms with Gasteiger partial charge in [-0.3, -0.25) is 9.36 Å². The number of hydrogen-bond acceptors (Lipinski definition) is 3. The highest BCUT2D eigenvalue weighted by Gasteiger charge is 2.11. The van der Waals surface area contributed by atoms with E-state index < -0.39 is 0 Å². The first kappa shape index (κ1) is 18.5. The molecule has 3 aromatic rings. The zero-order chi connectivity index (χ0) is 18.5. The molecule has 1 heterocycles. The third kappa shape index (κ3) is 4.45. The number of thioether (sulfide) groups is 1. The van der Waals surface area contributed by atoms with Crippen molar-refractivity contribution in [3.63, 3.8) is 0 Å². The Bertz CT molecular complexity index is 911. The van der Waals surface area contributed by atoms with E-state index in [4.69, 9.17) is 11.6 Å². The van der Waals surface area contributed by atoms with Crippen molar-refractivity contribution < 1.29 is 9.18 Å². The Morgan fingerprint density at radius 3 is 2.81 bits per heavy atom. The lowest BCUT2D eigenvalue weighted by Crippen LogP contribution is -2.24. The van der Waals surface area contributed by atoms with Crippen LogP contribution >= 0.6 is 23.4 Å². The number of carbonyl (C=O) groups is 1. The molecule has 2 aromatic carbocycles. The summed E-state index contributed by atoms with van der Waals surface area (Å²) < 4.78 is 14.8. The molecule has 0 bridgehead atoms. The molecular weight excluding hydrogens is 373 g/mol. The smallest absolute Gasteiger partial charge is 0.230 e. The van der Waals surface area contributed by atoms with E-state index in [2.05, 4.69) is 10.3 Å². The monoisotopic (exact) mass is 389 g/mol. The van der Waals surface area contributed by atoms with Crippen molar-refractivity contribution in [3.05, 3.63) is 76.8 Å². The van der Waals surface area contributed by atoms with Gasteiger partial charge in [0.25, 0.3) is 0 Å². The Hall–Kier alpha value is -2.31. The van der Waals surface area contributed by atoms with E-state index in [0.29, 0.717) is 16.7 Å². The molecule has 0 aliphatic heterocycles. The standard InChI is InChI=1S/C19H17ClFN3OS/c1-13-16(20)3-2-4-17(13)24-10-9-22-19(24)26-12-18(25)23-11-14-5-7-15(21)8-6-14/h2-10H,11-12H2,1H3,(H,23,25). The zero-order valence-corrected chi connectivity index (χ0v) is 15.6. The fourth-order valence-electron chi connectivity index (χ4n) is 2.42. The average Bonchev–Trinajstić information content (AvgIpc) is 3.10. The topological polar surface area (TPSA) is 46.9 Å². The highest BCUT2D eigenvalue weighted by molar-refractivity contribution is 7.99. The molecule has 0 spiro atoms. The van der Waals surface area contributed by atoms with Crippen molar-refractivity contribution in [1.29, 1.82) is 0 Å². The molecule has 0 aliphatic rings. The number of imidazole rings is 1. The number of benzene rings is 2. The summed E-state index contributed by atoms with van der Waals surface area (Å²) in [7, 11) is 0. The molecule has 0 aliphatic carbocycles. The number of rotatable bonds is 6. The van der Waals surface area contributed by atoms with Gasteiger partial charge >= 0.3 is 0 Å². The van der Waals surface area contributed by atoms with Gasteiger partial charge in [0, 0.05) is 24.0 Å². The first-order valence-electron chi connectivity index (χ1n) is 7.97. The molecule has 26 heavy (non-hydrogen) atoms. The maximum absolute atomic E-state index is 12.9. The number of aromatic nitrogens is 2. The number of amides is 1. The summed E-state index contributed by atoms with van der Waals surface area (Å²) in [5, 5.41) is 4.22. The lowest BCUT2D eigenvalue weighted by Gasteiger charge is -2.11. The van der Waals surface area contributed by atoms with Crippen LogP contribution in [0.15, 0.2) is 60.0 Å². The second-order valence-electron chi connectivity index (χ2n) is 5.66. The molecule has 134 valence electrons. The van der Waals surface area contributed by atoms with Gasteiger partial charge in [-0.05, 0) is 42.3 Å². The van der Waals surface area contributed by atoms with Crippen LogP contribution in [0.3, 0.4) is 0 Å². The third-order valence-corrected chi connectivity index (χ3v) is 5.22. The maximum Gasteiger partial charge on any atom is 0.230 e. The van der Waals surface area contributed by atoms with Crippen molar-refractivity contribution in [1.82, 2.24) is 14.9 Å². The molecular formula is C19H17ClFN3OS. The normalized spacial score (nSPS) is 10.7. The summed E-state index contributed by atoms with van der Waals surface area (Å²) in [5.41, 5.74) is 2.74. The van der Waals surface area contributed by atoms with E-state index in [1.54, 1.807) is 18.3 Å². The Balaban J connectivity index is 1.60. The average molecular weight is 390 g/mol. The molecule has 0 unspecified atom stereocenters. The number of hydrogen-bond donors (Lipinski definition) is 1. The summed E-state index contributed by atoms with van der Waals surface area (Å²) in [6.07, 6.45) is 3.54. The molecule has 0 saturated carbocycles. The molecule has 7 heteroatoms. The van der Waals surface area contributed by atoms with Crippen molar-refractivity contribution >= 4 is 29.3 Å². The highest BCUT2D eigenvalue weighted by Crippen LogP contribution is 2.26. The molecule has 0 radical (unpaired) electrons. The molecule has 1 N–H and O–H groups in total. The molecule has 3 rings (SSSR count). The van der Waals surface area contributed by atoms with E-state index in [1.807, 2.05) is 35.9 Å². The summed E-state index contributed by atoms with van der Waals surface area (Å²) in [6.45, 7) is 2.31. The highest BCUT2D eigenvalue weighted by atomic mass is 35.5. The fraction of sp³-hybridized carbons (Fsp3) is 0.158.